The van der Waals surface area contributed by atoms with Crippen molar-refractivity contribution in [3.05, 3.63) is 52.7 Å². The van der Waals surface area contributed by atoms with Gasteiger partial charge in [-0.25, -0.2) is 9.88 Å². The van der Waals surface area contributed by atoms with Gasteiger partial charge in [-0.05, 0) is 56.9 Å². The molecule has 1 atom stereocenters. The van der Waals surface area contributed by atoms with Gasteiger partial charge in [-0.15, -0.1) is 0 Å². The Bertz CT molecular complexity index is 1190. The molecule has 1 saturated carbocycles. The number of pyridine rings is 1. The predicted octanol–water partition coefficient (Wildman–Crippen LogP) is 4.46. The van der Waals surface area contributed by atoms with Gasteiger partial charge in [0, 0.05) is 11.7 Å². The van der Waals surface area contributed by atoms with Gasteiger partial charge in [0.05, 0.1) is 23.4 Å². The number of carbonyl (C=O) groups is 3. The number of benzene rings is 1. The van der Waals surface area contributed by atoms with Gasteiger partial charge in [0.1, 0.15) is 17.1 Å². The van der Waals surface area contributed by atoms with E-state index in [4.69, 9.17) is 0 Å². The number of carbonyl (C=O) groups excluding carboxylic acids is 3. The molecule has 2 heterocycles. The van der Waals surface area contributed by atoms with Crippen molar-refractivity contribution in [2.75, 3.05) is 10.7 Å². The lowest BCUT2D eigenvalue weighted by Crippen LogP contribution is -2.52. The second-order valence-electron chi connectivity index (χ2n) is 9.24. The summed E-state index contributed by atoms with van der Waals surface area (Å²) in [5.74, 6) is -0.762. The fourth-order valence-corrected chi connectivity index (χ4v) is 5.98. The number of nitrogens with zero attached hydrogens (tertiary/aromatic N) is 4. The summed E-state index contributed by atoms with van der Waals surface area (Å²) in [5.41, 5.74) is 3.68. The Kier molecular flexibility index (Phi) is 7.56. The van der Waals surface area contributed by atoms with Crippen LogP contribution in [0.1, 0.15) is 60.9 Å². The van der Waals surface area contributed by atoms with Gasteiger partial charge < -0.3 is 4.90 Å². The second kappa shape index (κ2) is 10.6. The summed E-state index contributed by atoms with van der Waals surface area (Å²) >= 11 is 1.23. The summed E-state index contributed by atoms with van der Waals surface area (Å²) in [4.78, 5) is 47.4. The van der Waals surface area contributed by atoms with Crippen molar-refractivity contribution < 1.29 is 14.4 Å². The average molecular weight is 491 g/mol. The number of hydrogen-bond acceptors (Lipinski definition) is 6. The Morgan fingerprint density at radius 1 is 1.11 bits per heavy atom. The smallest absolute Gasteiger partial charge is 0.257 e. The third-order valence-corrected chi connectivity index (χ3v) is 8.10. The molecule has 8 heteroatoms. The maximum Gasteiger partial charge on any atom is 0.257 e. The highest BCUT2D eigenvalue weighted by Crippen LogP contribution is 2.33. The zero-order chi connectivity index (χ0) is 25.1. The van der Waals surface area contributed by atoms with E-state index in [1.165, 1.54) is 16.7 Å². The Balaban J connectivity index is 1.59. The third kappa shape index (κ3) is 4.96. The van der Waals surface area contributed by atoms with E-state index in [0.717, 1.165) is 48.9 Å². The Morgan fingerprint density at radius 3 is 2.46 bits per heavy atom. The van der Waals surface area contributed by atoms with Crippen LogP contribution in [0.5, 0.6) is 0 Å². The molecule has 3 amide bonds. The van der Waals surface area contributed by atoms with Crippen LogP contribution in [0.25, 0.3) is 0 Å². The molecule has 1 unspecified atom stereocenters. The molecule has 2 fully saturated rings. The molecule has 1 aromatic carbocycles. The summed E-state index contributed by atoms with van der Waals surface area (Å²) in [6.07, 6.45) is 4.74. The van der Waals surface area contributed by atoms with E-state index in [1.54, 1.807) is 29.2 Å². The Hall–Kier alpha value is -3.18. The number of anilines is 1. The Labute approximate surface area is 210 Å². The zero-order valence-electron chi connectivity index (χ0n) is 20.4. The molecule has 0 bridgehead atoms. The molecule has 1 aliphatic carbocycles. The van der Waals surface area contributed by atoms with Crippen LogP contribution in [-0.2, 0) is 14.4 Å². The maximum atomic E-state index is 13.6. The number of amides is 3. The summed E-state index contributed by atoms with van der Waals surface area (Å²) < 4.78 is 0. The first-order valence-electron chi connectivity index (χ1n) is 12.1. The van der Waals surface area contributed by atoms with Crippen LogP contribution < -0.4 is 4.90 Å². The van der Waals surface area contributed by atoms with Gasteiger partial charge in [0.15, 0.2) is 0 Å². The topological polar surface area (TPSA) is 94.4 Å². The predicted molar refractivity (Wildman–Crippen MR) is 135 cm³/mol. The van der Waals surface area contributed by atoms with Crippen LogP contribution in [0.2, 0.25) is 0 Å². The Morgan fingerprint density at radius 2 is 1.80 bits per heavy atom. The molecule has 1 aliphatic heterocycles. The van der Waals surface area contributed by atoms with Gasteiger partial charge in [-0.2, -0.15) is 5.26 Å². The molecule has 0 N–H and O–H groups in total. The quantitative estimate of drug-likeness (QED) is 0.438. The van der Waals surface area contributed by atoms with Crippen LogP contribution in [-0.4, -0.2) is 45.4 Å². The molecule has 2 aliphatic rings. The van der Waals surface area contributed by atoms with Gasteiger partial charge in [0.25, 0.3) is 5.91 Å². The number of hydrogen-bond donors (Lipinski definition) is 0. The monoisotopic (exact) mass is 490 g/mol. The lowest BCUT2D eigenvalue weighted by molar-refractivity contribution is -0.139. The van der Waals surface area contributed by atoms with Crippen molar-refractivity contribution >= 4 is 35.2 Å². The number of para-hydroxylation sites is 1. The molecule has 182 valence electrons. The minimum Gasteiger partial charge on any atom is -0.326 e. The van der Waals surface area contributed by atoms with Crippen molar-refractivity contribution in [2.24, 2.45) is 0 Å². The fraction of sp³-hybridized carbons (Fsp3) is 0.444. The van der Waals surface area contributed by atoms with Crippen molar-refractivity contribution in [1.29, 1.82) is 5.26 Å². The van der Waals surface area contributed by atoms with Gasteiger partial charge in [-0.3, -0.25) is 14.4 Å². The summed E-state index contributed by atoms with van der Waals surface area (Å²) in [6, 6.07) is 10.2. The van der Waals surface area contributed by atoms with Gasteiger partial charge >= 0.3 is 0 Å². The van der Waals surface area contributed by atoms with Crippen LogP contribution in [0.3, 0.4) is 0 Å². The van der Waals surface area contributed by atoms with Crippen LogP contribution >= 0.6 is 11.8 Å². The number of rotatable bonds is 6. The highest BCUT2D eigenvalue weighted by molar-refractivity contribution is 8.00. The summed E-state index contributed by atoms with van der Waals surface area (Å²) in [6.45, 7) is 5.72. The van der Waals surface area contributed by atoms with Crippen molar-refractivity contribution in [3.63, 3.8) is 0 Å². The van der Waals surface area contributed by atoms with E-state index in [1.807, 2.05) is 26.8 Å². The molecule has 7 nitrogen and oxygen atoms in total. The molecular formula is C27H30N4O3S. The first-order chi connectivity index (χ1) is 16.8. The van der Waals surface area contributed by atoms with Crippen LogP contribution in [0, 0.1) is 32.1 Å². The second-order valence-corrected chi connectivity index (χ2v) is 10.2. The fourth-order valence-electron chi connectivity index (χ4n) is 5.02. The average Bonchev–Trinajstić information content (AvgIpc) is 3.15. The van der Waals surface area contributed by atoms with E-state index in [2.05, 4.69) is 11.1 Å². The zero-order valence-corrected chi connectivity index (χ0v) is 21.2. The molecule has 2 aromatic rings. The SMILES string of the molecule is Cc1nc(SCC(=O)N(C2CCCCC2)C2CC(=O)N(c3ccccc3)C2=O)c(C#N)c(C)c1C. The summed E-state index contributed by atoms with van der Waals surface area (Å²) in [7, 11) is 0. The van der Waals surface area contributed by atoms with Gasteiger partial charge in [0.2, 0.25) is 11.8 Å². The first-order valence-corrected chi connectivity index (χ1v) is 13.1. The van der Waals surface area contributed by atoms with E-state index < -0.39 is 6.04 Å². The number of thioether (sulfide) groups is 1. The molecule has 0 radical (unpaired) electrons. The summed E-state index contributed by atoms with van der Waals surface area (Å²) in [5, 5.41) is 10.2. The molecular weight excluding hydrogens is 460 g/mol. The first kappa shape index (κ1) is 24.9. The lowest BCUT2D eigenvalue weighted by atomic mass is 9.92. The normalized spacial score (nSPS) is 18.6. The maximum absolute atomic E-state index is 13.6. The molecule has 1 saturated heterocycles. The lowest BCUT2D eigenvalue weighted by Gasteiger charge is -2.37. The standard InChI is InChI=1S/C27H30N4O3S/c1-17-18(2)22(15-28)26(29-19(17)3)35-16-25(33)30(20-10-6-4-7-11-20)23-14-24(32)31(27(23)34)21-12-8-5-9-13-21/h5,8-9,12-13,20,23H,4,6-7,10-11,14,16H2,1-3H3. The minimum absolute atomic E-state index is 0.00885. The largest absolute Gasteiger partial charge is 0.326 e. The molecule has 35 heavy (non-hydrogen) atoms. The highest BCUT2D eigenvalue weighted by atomic mass is 32.2. The van der Waals surface area contributed by atoms with Crippen LogP contribution in [0.4, 0.5) is 5.69 Å². The number of imide groups is 1. The van der Waals surface area contributed by atoms with Crippen molar-refractivity contribution in [3.8, 4) is 6.07 Å². The van der Waals surface area contributed by atoms with E-state index in [9.17, 15) is 19.6 Å². The van der Waals surface area contributed by atoms with E-state index >= 15 is 0 Å². The van der Waals surface area contributed by atoms with Crippen LogP contribution in [0.15, 0.2) is 35.4 Å². The molecule has 4 rings (SSSR count). The number of nitriles is 1. The minimum atomic E-state index is -0.802. The molecule has 1 aromatic heterocycles. The van der Waals surface area contributed by atoms with E-state index in [-0.39, 0.29) is 35.9 Å². The number of aryl methyl sites for hydroxylation is 1. The highest BCUT2D eigenvalue weighted by Gasteiger charge is 2.46. The van der Waals surface area contributed by atoms with Gasteiger partial charge in [-0.1, -0.05) is 49.2 Å². The number of aromatic nitrogens is 1. The van der Waals surface area contributed by atoms with Crippen molar-refractivity contribution in [2.45, 2.75) is 76.4 Å². The van der Waals surface area contributed by atoms with E-state index in [0.29, 0.717) is 16.3 Å². The molecule has 0 spiro atoms. The third-order valence-electron chi connectivity index (χ3n) is 7.14. The van der Waals surface area contributed by atoms with Crippen molar-refractivity contribution in [1.82, 2.24) is 9.88 Å².